The molecule has 1 aliphatic rings. The van der Waals surface area contributed by atoms with Crippen LogP contribution in [0.3, 0.4) is 0 Å². The van der Waals surface area contributed by atoms with Crippen molar-refractivity contribution in [3.05, 3.63) is 0 Å². The maximum Gasteiger partial charge on any atom is 0.326 e. The van der Waals surface area contributed by atoms with Crippen LogP contribution in [0.25, 0.3) is 0 Å². The van der Waals surface area contributed by atoms with Gasteiger partial charge in [0.05, 0.1) is 0 Å². The number of hydrogen-bond donors (Lipinski definition) is 3. The summed E-state index contributed by atoms with van der Waals surface area (Å²) < 4.78 is 0. The minimum Gasteiger partial charge on any atom is -0.480 e. The molecule has 1 aliphatic carbocycles. The third kappa shape index (κ3) is 5.06. The Bertz CT molecular complexity index is 277. The fraction of sp³-hybridized carbons (Fsp3) is 0.833. The fourth-order valence-electron chi connectivity index (χ4n) is 1.81. The summed E-state index contributed by atoms with van der Waals surface area (Å²) >= 11 is 0. The van der Waals surface area contributed by atoms with Crippen molar-refractivity contribution in [2.24, 2.45) is 5.92 Å². The van der Waals surface area contributed by atoms with Crippen molar-refractivity contribution in [2.45, 2.75) is 58.0 Å². The number of carboxylic acids is 1. The number of urea groups is 1. The summed E-state index contributed by atoms with van der Waals surface area (Å²) in [6.07, 6.45) is 4.79. The summed E-state index contributed by atoms with van der Waals surface area (Å²) in [4.78, 5) is 22.4. The molecular formula is C12H22N2O3. The Morgan fingerprint density at radius 3 is 2.29 bits per heavy atom. The second-order valence-electron chi connectivity index (χ2n) is 4.70. The Balaban J connectivity index is 2.32. The number of carbonyl (C=O) groups excluding carboxylic acids is 1. The van der Waals surface area contributed by atoms with E-state index in [1.807, 2.05) is 6.92 Å². The molecule has 98 valence electrons. The molecule has 5 heteroatoms. The van der Waals surface area contributed by atoms with Gasteiger partial charge >= 0.3 is 12.0 Å². The zero-order valence-electron chi connectivity index (χ0n) is 10.5. The quantitative estimate of drug-likeness (QED) is 0.636. The SMILES string of the molecule is CCC(CC1CC1)NC(=O)NC(CC)C(=O)O. The minimum atomic E-state index is -0.988. The summed E-state index contributed by atoms with van der Waals surface area (Å²) in [7, 11) is 0. The van der Waals surface area contributed by atoms with Gasteiger partial charge in [0.25, 0.3) is 0 Å². The minimum absolute atomic E-state index is 0.161. The average Bonchev–Trinajstić information content (AvgIpc) is 3.08. The van der Waals surface area contributed by atoms with Crippen LogP contribution < -0.4 is 10.6 Å². The van der Waals surface area contributed by atoms with Crippen LogP contribution in [0.15, 0.2) is 0 Å². The van der Waals surface area contributed by atoms with Crippen molar-refractivity contribution >= 4 is 12.0 Å². The lowest BCUT2D eigenvalue weighted by molar-refractivity contribution is -0.139. The van der Waals surface area contributed by atoms with E-state index in [2.05, 4.69) is 10.6 Å². The largest absolute Gasteiger partial charge is 0.480 e. The molecule has 2 amide bonds. The highest BCUT2D eigenvalue weighted by molar-refractivity contribution is 5.82. The standard InChI is InChI=1S/C12H22N2O3/c1-3-9(7-8-5-6-8)13-12(17)14-10(4-2)11(15)16/h8-10H,3-7H2,1-2H3,(H,15,16)(H2,13,14,17). The molecule has 1 saturated carbocycles. The molecule has 0 saturated heterocycles. The maximum atomic E-state index is 11.6. The molecule has 1 fully saturated rings. The fourth-order valence-corrected chi connectivity index (χ4v) is 1.81. The maximum absolute atomic E-state index is 11.6. The zero-order valence-corrected chi connectivity index (χ0v) is 10.5. The van der Waals surface area contributed by atoms with Crippen molar-refractivity contribution in [1.82, 2.24) is 10.6 Å². The molecule has 0 aromatic carbocycles. The van der Waals surface area contributed by atoms with E-state index in [1.54, 1.807) is 6.92 Å². The van der Waals surface area contributed by atoms with Crippen molar-refractivity contribution < 1.29 is 14.7 Å². The number of rotatable bonds is 7. The van der Waals surface area contributed by atoms with E-state index in [0.717, 1.165) is 18.8 Å². The second kappa shape index (κ2) is 6.47. The van der Waals surface area contributed by atoms with Crippen molar-refractivity contribution in [1.29, 1.82) is 0 Å². The molecule has 0 spiro atoms. The molecule has 0 aromatic heterocycles. The van der Waals surface area contributed by atoms with Crippen LogP contribution in [-0.4, -0.2) is 29.2 Å². The van der Waals surface area contributed by atoms with Gasteiger partial charge < -0.3 is 15.7 Å². The highest BCUT2D eigenvalue weighted by Crippen LogP contribution is 2.33. The van der Waals surface area contributed by atoms with Gasteiger partial charge in [0.2, 0.25) is 0 Å². The van der Waals surface area contributed by atoms with E-state index in [1.165, 1.54) is 12.8 Å². The van der Waals surface area contributed by atoms with Crippen LogP contribution in [0, 0.1) is 5.92 Å². The Morgan fingerprint density at radius 2 is 1.88 bits per heavy atom. The smallest absolute Gasteiger partial charge is 0.326 e. The Morgan fingerprint density at radius 1 is 1.24 bits per heavy atom. The predicted octanol–water partition coefficient (Wildman–Crippen LogP) is 1.73. The van der Waals surface area contributed by atoms with E-state index in [4.69, 9.17) is 5.11 Å². The van der Waals surface area contributed by atoms with Gasteiger partial charge in [-0.1, -0.05) is 26.7 Å². The third-order valence-corrected chi connectivity index (χ3v) is 3.15. The van der Waals surface area contributed by atoms with E-state index < -0.39 is 12.0 Å². The first kappa shape index (κ1) is 13.8. The van der Waals surface area contributed by atoms with E-state index in [9.17, 15) is 9.59 Å². The van der Waals surface area contributed by atoms with Gasteiger partial charge in [-0.25, -0.2) is 9.59 Å². The highest BCUT2D eigenvalue weighted by atomic mass is 16.4. The van der Waals surface area contributed by atoms with Crippen LogP contribution in [0.4, 0.5) is 4.79 Å². The third-order valence-electron chi connectivity index (χ3n) is 3.15. The molecule has 0 bridgehead atoms. The number of carboxylic acid groups (broad SMARTS) is 1. The van der Waals surface area contributed by atoms with Gasteiger partial charge in [-0.15, -0.1) is 0 Å². The lowest BCUT2D eigenvalue weighted by Crippen LogP contribution is -2.48. The zero-order chi connectivity index (χ0) is 12.8. The Kier molecular flexibility index (Phi) is 5.25. The van der Waals surface area contributed by atoms with Crippen LogP contribution in [0.2, 0.25) is 0 Å². The summed E-state index contributed by atoms with van der Waals surface area (Å²) in [5.41, 5.74) is 0. The first-order valence-corrected chi connectivity index (χ1v) is 6.36. The van der Waals surface area contributed by atoms with Crippen LogP contribution in [0.1, 0.15) is 46.0 Å². The summed E-state index contributed by atoms with van der Waals surface area (Å²) in [5.74, 6) is -0.236. The number of aliphatic carboxylic acids is 1. The number of hydrogen-bond acceptors (Lipinski definition) is 2. The molecule has 17 heavy (non-hydrogen) atoms. The van der Waals surface area contributed by atoms with Crippen molar-refractivity contribution in [3.8, 4) is 0 Å². The molecular weight excluding hydrogens is 220 g/mol. The predicted molar refractivity (Wildman–Crippen MR) is 64.8 cm³/mol. The first-order chi connectivity index (χ1) is 8.06. The molecule has 0 radical (unpaired) electrons. The Hall–Kier alpha value is -1.26. The van der Waals surface area contributed by atoms with Crippen molar-refractivity contribution in [2.75, 3.05) is 0 Å². The van der Waals surface area contributed by atoms with Gasteiger partial charge in [-0.2, -0.15) is 0 Å². The molecule has 1 rings (SSSR count). The number of carbonyl (C=O) groups is 2. The van der Waals surface area contributed by atoms with Gasteiger partial charge in [0.15, 0.2) is 0 Å². The summed E-state index contributed by atoms with van der Waals surface area (Å²) in [6.45, 7) is 3.77. The van der Waals surface area contributed by atoms with Gasteiger partial charge in [0.1, 0.15) is 6.04 Å². The monoisotopic (exact) mass is 242 g/mol. The first-order valence-electron chi connectivity index (χ1n) is 6.36. The summed E-state index contributed by atoms with van der Waals surface area (Å²) in [5, 5.41) is 14.1. The van der Waals surface area contributed by atoms with Gasteiger partial charge in [-0.05, 0) is 25.2 Å². The molecule has 0 heterocycles. The number of nitrogens with one attached hydrogen (secondary N) is 2. The second-order valence-corrected chi connectivity index (χ2v) is 4.70. The molecule has 0 aliphatic heterocycles. The number of amides is 2. The van der Waals surface area contributed by atoms with Gasteiger partial charge in [-0.3, -0.25) is 0 Å². The van der Waals surface area contributed by atoms with E-state index >= 15 is 0 Å². The molecule has 5 nitrogen and oxygen atoms in total. The van der Waals surface area contributed by atoms with Crippen molar-refractivity contribution in [3.63, 3.8) is 0 Å². The molecule has 3 N–H and O–H groups in total. The van der Waals surface area contributed by atoms with E-state index in [0.29, 0.717) is 6.42 Å². The van der Waals surface area contributed by atoms with Crippen LogP contribution in [0.5, 0.6) is 0 Å². The highest BCUT2D eigenvalue weighted by Gasteiger charge is 2.26. The normalized spacial score (nSPS) is 18.2. The lowest BCUT2D eigenvalue weighted by atomic mass is 10.1. The van der Waals surface area contributed by atoms with Crippen LogP contribution >= 0.6 is 0 Å². The molecule has 0 aromatic rings. The Labute approximate surface area is 102 Å². The topological polar surface area (TPSA) is 78.4 Å². The van der Waals surface area contributed by atoms with Crippen LogP contribution in [-0.2, 0) is 4.79 Å². The molecule has 2 atom stereocenters. The average molecular weight is 242 g/mol. The lowest BCUT2D eigenvalue weighted by Gasteiger charge is -2.19. The molecule has 2 unspecified atom stereocenters. The van der Waals surface area contributed by atoms with Gasteiger partial charge in [0, 0.05) is 6.04 Å². The van der Waals surface area contributed by atoms with E-state index in [-0.39, 0.29) is 12.1 Å². The summed E-state index contributed by atoms with van der Waals surface area (Å²) in [6, 6.07) is -1.01.